The SMILES string of the molecule is CCCC(N)Cc1nc(CSC(C)CC)no1. The normalized spacial score (nSPS) is 14.8. The van der Waals surface area contributed by atoms with Crippen LogP contribution in [0.3, 0.4) is 0 Å². The van der Waals surface area contributed by atoms with Gasteiger partial charge in [0.1, 0.15) is 0 Å². The van der Waals surface area contributed by atoms with E-state index in [2.05, 4.69) is 30.9 Å². The van der Waals surface area contributed by atoms with Crippen LogP contribution >= 0.6 is 11.8 Å². The van der Waals surface area contributed by atoms with Gasteiger partial charge in [-0.3, -0.25) is 0 Å². The molecule has 4 nitrogen and oxygen atoms in total. The topological polar surface area (TPSA) is 64.9 Å². The zero-order chi connectivity index (χ0) is 12.7. The largest absolute Gasteiger partial charge is 0.339 e. The Morgan fingerprint density at radius 1 is 1.41 bits per heavy atom. The van der Waals surface area contributed by atoms with Crippen molar-refractivity contribution in [3.63, 3.8) is 0 Å². The second kappa shape index (κ2) is 7.71. The fourth-order valence-electron chi connectivity index (χ4n) is 1.46. The van der Waals surface area contributed by atoms with Crippen molar-refractivity contribution in [3.05, 3.63) is 11.7 Å². The molecule has 2 atom stereocenters. The fraction of sp³-hybridized carbons (Fsp3) is 0.833. The number of nitrogens with zero attached hydrogens (tertiary/aromatic N) is 2. The van der Waals surface area contributed by atoms with Gasteiger partial charge in [0.15, 0.2) is 5.82 Å². The third-order valence-electron chi connectivity index (χ3n) is 2.68. The van der Waals surface area contributed by atoms with Crippen LogP contribution in [0.25, 0.3) is 0 Å². The molecule has 2 N–H and O–H groups in total. The predicted molar refractivity (Wildman–Crippen MR) is 71.9 cm³/mol. The summed E-state index contributed by atoms with van der Waals surface area (Å²) in [6, 6.07) is 0.135. The molecule has 0 saturated carbocycles. The van der Waals surface area contributed by atoms with Crippen LogP contribution in [-0.4, -0.2) is 21.4 Å². The quantitative estimate of drug-likeness (QED) is 0.775. The van der Waals surface area contributed by atoms with Gasteiger partial charge in [0.2, 0.25) is 5.89 Å². The van der Waals surface area contributed by atoms with E-state index in [0.29, 0.717) is 17.6 Å². The third kappa shape index (κ3) is 5.55. The molecule has 1 heterocycles. The first-order chi connectivity index (χ1) is 8.15. The lowest BCUT2D eigenvalue weighted by atomic mass is 10.1. The molecule has 0 aliphatic rings. The molecule has 0 bridgehead atoms. The molecule has 1 aromatic rings. The number of nitrogens with two attached hydrogens (primary N) is 1. The lowest BCUT2D eigenvalue weighted by molar-refractivity contribution is 0.362. The maximum Gasteiger partial charge on any atom is 0.228 e. The van der Waals surface area contributed by atoms with Gasteiger partial charge < -0.3 is 10.3 Å². The number of thioether (sulfide) groups is 1. The van der Waals surface area contributed by atoms with E-state index in [9.17, 15) is 0 Å². The van der Waals surface area contributed by atoms with Crippen LogP contribution in [0, 0.1) is 0 Å². The van der Waals surface area contributed by atoms with E-state index in [0.717, 1.165) is 30.8 Å². The van der Waals surface area contributed by atoms with Gasteiger partial charge in [0.05, 0.1) is 5.75 Å². The number of hydrogen-bond acceptors (Lipinski definition) is 5. The minimum Gasteiger partial charge on any atom is -0.339 e. The van der Waals surface area contributed by atoms with Crippen LogP contribution in [0.2, 0.25) is 0 Å². The van der Waals surface area contributed by atoms with Crippen LogP contribution < -0.4 is 5.73 Å². The van der Waals surface area contributed by atoms with E-state index >= 15 is 0 Å². The molecule has 0 aromatic carbocycles. The molecule has 1 aromatic heterocycles. The number of rotatable bonds is 8. The molecule has 0 radical (unpaired) electrons. The number of aromatic nitrogens is 2. The van der Waals surface area contributed by atoms with E-state index in [1.54, 1.807) is 0 Å². The van der Waals surface area contributed by atoms with Crippen LogP contribution in [0.5, 0.6) is 0 Å². The first kappa shape index (κ1) is 14.5. The summed E-state index contributed by atoms with van der Waals surface area (Å²) in [5.74, 6) is 2.28. The molecule has 0 fully saturated rings. The Hall–Kier alpha value is -0.550. The molecule has 5 heteroatoms. The average molecular weight is 257 g/mol. The maximum absolute atomic E-state index is 5.94. The second-order valence-electron chi connectivity index (χ2n) is 4.39. The van der Waals surface area contributed by atoms with Crippen LogP contribution in [0.4, 0.5) is 0 Å². The summed E-state index contributed by atoms with van der Waals surface area (Å²) in [7, 11) is 0. The lowest BCUT2D eigenvalue weighted by Gasteiger charge is -2.05. The van der Waals surface area contributed by atoms with Crippen molar-refractivity contribution < 1.29 is 4.52 Å². The zero-order valence-corrected chi connectivity index (χ0v) is 11.8. The van der Waals surface area contributed by atoms with Crippen LogP contribution in [0.15, 0.2) is 4.52 Å². The molecule has 1 rings (SSSR count). The van der Waals surface area contributed by atoms with E-state index in [4.69, 9.17) is 10.3 Å². The van der Waals surface area contributed by atoms with Crippen molar-refractivity contribution >= 4 is 11.8 Å². The molecular weight excluding hydrogens is 234 g/mol. The first-order valence-corrected chi connectivity index (χ1v) is 7.39. The van der Waals surface area contributed by atoms with Gasteiger partial charge in [-0.25, -0.2) is 0 Å². The molecule has 0 aliphatic heterocycles. The highest BCUT2D eigenvalue weighted by Crippen LogP contribution is 2.18. The summed E-state index contributed by atoms with van der Waals surface area (Å²) < 4.78 is 5.19. The van der Waals surface area contributed by atoms with Crippen molar-refractivity contribution in [2.24, 2.45) is 5.73 Å². The molecule has 98 valence electrons. The Balaban J connectivity index is 2.37. The Morgan fingerprint density at radius 3 is 2.82 bits per heavy atom. The van der Waals surface area contributed by atoms with Crippen molar-refractivity contribution in [1.82, 2.24) is 10.1 Å². The van der Waals surface area contributed by atoms with Gasteiger partial charge >= 0.3 is 0 Å². The molecule has 17 heavy (non-hydrogen) atoms. The Kier molecular flexibility index (Phi) is 6.58. The molecule has 0 saturated heterocycles. The predicted octanol–water partition coefficient (Wildman–Crippen LogP) is 2.77. The van der Waals surface area contributed by atoms with Crippen molar-refractivity contribution in [3.8, 4) is 0 Å². The molecule has 0 spiro atoms. The summed E-state index contributed by atoms with van der Waals surface area (Å²) >= 11 is 1.86. The summed E-state index contributed by atoms with van der Waals surface area (Å²) in [4.78, 5) is 4.36. The maximum atomic E-state index is 5.94. The van der Waals surface area contributed by atoms with Gasteiger partial charge in [0, 0.05) is 17.7 Å². The lowest BCUT2D eigenvalue weighted by Crippen LogP contribution is -2.22. The molecular formula is C12H23N3OS. The Morgan fingerprint density at radius 2 is 2.18 bits per heavy atom. The summed E-state index contributed by atoms with van der Waals surface area (Å²) in [6.07, 6.45) is 3.94. The highest BCUT2D eigenvalue weighted by molar-refractivity contribution is 7.99. The van der Waals surface area contributed by atoms with Gasteiger partial charge in [-0.2, -0.15) is 16.7 Å². The van der Waals surface area contributed by atoms with E-state index in [1.165, 1.54) is 0 Å². The summed E-state index contributed by atoms with van der Waals surface area (Å²) in [6.45, 7) is 6.52. The minimum absolute atomic E-state index is 0.135. The van der Waals surface area contributed by atoms with E-state index in [1.807, 2.05) is 11.8 Å². The third-order valence-corrected chi connectivity index (χ3v) is 4.01. The zero-order valence-electron chi connectivity index (χ0n) is 11.0. The molecule has 0 aliphatic carbocycles. The molecule has 2 unspecified atom stereocenters. The van der Waals surface area contributed by atoms with Gasteiger partial charge in [-0.15, -0.1) is 0 Å². The number of hydrogen-bond donors (Lipinski definition) is 1. The fourth-order valence-corrected chi connectivity index (χ4v) is 2.25. The van der Waals surface area contributed by atoms with Gasteiger partial charge in [-0.1, -0.05) is 32.3 Å². The summed E-state index contributed by atoms with van der Waals surface area (Å²) in [5.41, 5.74) is 5.94. The second-order valence-corrected chi connectivity index (χ2v) is 5.81. The summed E-state index contributed by atoms with van der Waals surface area (Å²) in [5, 5.41) is 4.61. The van der Waals surface area contributed by atoms with E-state index in [-0.39, 0.29) is 6.04 Å². The monoisotopic (exact) mass is 257 g/mol. The molecule has 0 amide bonds. The Bertz CT molecular complexity index is 316. The van der Waals surface area contributed by atoms with Gasteiger partial charge in [-0.05, 0) is 12.8 Å². The van der Waals surface area contributed by atoms with Crippen molar-refractivity contribution in [2.75, 3.05) is 0 Å². The van der Waals surface area contributed by atoms with Crippen molar-refractivity contribution in [2.45, 2.75) is 63.5 Å². The minimum atomic E-state index is 0.135. The van der Waals surface area contributed by atoms with Gasteiger partial charge in [0.25, 0.3) is 0 Å². The van der Waals surface area contributed by atoms with Crippen LogP contribution in [0.1, 0.15) is 51.7 Å². The van der Waals surface area contributed by atoms with Crippen molar-refractivity contribution in [1.29, 1.82) is 0 Å². The highest BCUT2D eigenvalue weighted by atomic mass is 32.2. The smallest absolute Gasteiger partial charge is 0.228 e. The van der Waals surface area contributed by atoms with E-state index < -0.39 is 0 Å². The standard InChI is InChI=1S/C12H23N3OS/c1-4-6-10(13)7-12-14-11(15-16-12)8-17-9(3)5-2/h9-10H,4-8,13H2,1-3H3. The first-order valence-electron chi connectivity index (χ1n) is 6.34. The Labute approximate surface area is 108 Å². The highest BCUT2D eigenvalue weighted by Gasteiger charge is 2.11. The van der Waals surface area contributed by atoms with Crippen LogP contribution in [-0.2, 0) is 12.2 Å². The average Bonchev–Trinajstić information content (AvgIpc) is 2.74.